The Morgan fingerprint density at radius 3 is 3.13 bits per heavy atom. The van der Waals surface area contributed by atoms with Crippen LogP contribution in [0, 0.1) is 0 Å². The van der Waals surface area contributed by atoms with Gasteiger partial charge >= 0.3 is 0 Å². The van der Waals surface area contributed by atoms with Gasteiger partial charge in [-0.1, -0.05) is 31.9 Å². The first kappa shape index (κ1) is 12.4. The highest BCUT2D eigenvalue weighted by Gasteiger charge is 2.18. The second kappa shape index (κ2) is 7.60. The van der Waals surface area contributed by atoms with Gasteiger partial charge < -0.3 is 5.11 Å². The summed E-state index contributed by atoms with van der Waals surface area (Å²) in [4.78, 5) is 6.59. The fourth-order valence-electron chi connectivity index (χ4n) is 1.73. The zero-order valence-corrected chi connectivity index (χ0v) is 9.60. The van der Waals surface area contributed by atoms with E-state index in [0.29, 0.717) is 0 Å². The molecule has 0 aromatic rings. The lowest BCUT2D eigenvalue weighted by Crippen LogP contribution is -2.32. The van der Waals surface area contributed by atoms with Gasteiger partial charge in [0.05, 0.1) is 6.61 Å². The molecule has 15 heavy (non-hydrogen) atoms. The summed E-state index contributed by atoms with van der Waals surface area (Å²) in [5, 5.41) is 8.87. The van der Waals surface area contributed by atoms with E-state index in [0.717, 1.165) is 19.5 Å². The highest BCUT2D eigenvalue weighted by atomic mass is 16.3. The van der Waals surface area contributed by atoms with Gasteiger partial charge in [-0.15, -0.1) is 0 Å². The van der Waals surface area contributed by atoms with E-state index in [-0.39, 0.29) is 12.8 Å². The quantitative estimate of drug-likeness (QED) is 0.514. The number of rotatable bonds is 7. The standard InChI is InChI=1S/C12H22N2O/c1-2-3-4-5-6-7-12-13-8-9-14(12)10-11-15/h5-6,8,12,15H,2-4,7,9-11H2,1H3/b6-5+. The van der Waals surface area contributed by atoms with Crippen molar-refractivity contribution in [1.29, 1.82) is 0 Å². The summed E-state index contributed by atoms with van der Waals surface area (Å²) in [5.74, 6) is 0. The molecule has 1 aliphatic heterocycles. The molecule has 1 unspecified atom stereocenters. The van der Waals surface area contributed by atoms with Crippen molar-refractivity contribution >= 4 is 6.21 Å². The second-order valence-corrected chi connectivity index (χ2v) is 3.88. The zero-order valence-electron chi connectivity index (χ0n) is 9.60. The van der Waals surface area contributed by atoms with Crippen LogP contribution in [0.3, 0.4) is 0 Å². The highest BCUT2D eigenvalue weighted by molar-refractivity contribution is 5.62. The van der Waals surface area contributed by atoms with Crippen molar-refractivity contribution in [2.75, 3.05) is 19.7 Å². The van der Waals surface area contributed by atoms with Crippen LogP contribution in [0.5, 0.6) is 0 Å². The number of aliphatic imine (C=N–C) groups is 1. The Kier molecular flexibility index (Phi) is 6.28. The normalized spacial score (nSPS) is 21.9. The summed E-state index contributed by atoms with van der Waals surface area (Å²) >= 11 is 0. The van der Waals surface area contributed by atoms with E-state index in [1.165, 1.54) is 19.3 Å². The van der Waals surface area contributed by atoms with E-state index in [1.807, 2.05) is 6.21 Å². The van der Waals surface area contributed by atoms with Crippen LogP contribution in [0.1, 0.15) is 32.6 Å². The van der Waals surface area contributed by atoms with E-state index in [4.69, 9.17) is 5.11 Å². The number of aliphatic hydroxyl groups is 1. The van der Waals surface area contributed by atoms with Crippen LogP contribution >= 0.6 is 0 Å². The van der Waals surface area contributed by atoms with Crippen molar-refractivity contribution in [2.45, 2.75) is 38.8 Å². The molecule has 1 aliphatic rings. The van der Waals surface area contributed by atoms with E-state index in [1.54, 1.807) is 0 Å². The third kappa shape index (κ3) is 4.58. The Morgan fingerprint density at radius 1 is 1.53 bits per heavy atom. The molecule has 0 amide bonds. The summed E-state index contributed by atoms with van der Waals surface area (Å²) in [6.45, 7) is 4.04. The largest absolute Gasteiger partial charge is 0.395 e. The topological polar surface area (TPSA) is 35.8 Å². The zero-order chi connectivity index (χ0) is 10.9. The Morgan fingerprint density at radius 2 is 2.40 bits per heavy atom. The Bertz CT molecular complexity index is 214. The molecule has 86 valence electrons. The lowest BCUT2D eigenvalue weighted by atomic mass is 10.2. The van der Waals surface area contributed by atoms with E-state index in [9.17, 15) is 0 Å². The third-order valence-electron chi connectivity index (χ3n) is 2.64. The summed E-state index contributed by atoms with van der Waals surface area (Å²) in [7, 11) is 0. The maximum atomic E-state index is 8.87. The van der Waals surface area contributed by atoms with Crippen molar-refractivity contribution in [3.63, 3.8) is 0 Å². The van der Waals surface area contributed by atoms with Crippen LogP contribution < -0.4 is 0 Å². The molecule has 3 nitrogen and oxygen atoms in total. The Hall–Kier alpha value is -0.670. The lowest BCUT2D eigenvalue weighted by molar-refractivity contribution is 0.184. The van der Waals surface area contributed by atoms with E-state index < -0.39 is 0 Å². The molecule has 0 radical (unpaired) electrons. The van der Waals surface area contributed by atoms with Gasteiger partial charge in [0.2, 0.25) is 0 Å². The molecule has 0 aliphatic carbocycles. The molecular weight excluding hydrogens is 188 g/mol. The molecule has 0 fully saturated rings. The van der Waals surface area contributed by atoms with Gasteiger partial charge in [0, 0.05) is 25.7 Å². The lowest BCUT2D eigenvalue weighted by Gasteiger charge is -2.20. The number of hydrogen-bond donors (Lipinski definition) is 1. The molecule has 1 heterocycles. The monoisotopic (exact) mass is 210 g/mol. The predicted octanol–water partition coefficient (Wildman–Crippen LogP) is 1.83. The first-order valence-electron chi connectivity index (χ1n) is 5.90. The van der Waals surface area contributed by atoms with Crippen LogP contribution in [-0.4, -0.2) is 42.1 Å². The fourth-order valence-corrected chi connectivity index (χ4v) is 1.73. The minimum atomic E-state index is 0.222. The molecule has 0 saturated heterocycles. The SMILES string of the molecule is CCCC/C=C/CC1N=CCN1CCO. The molecule has 0 saturated carbocycles. The van der Waals surface area contributed by atoms with Gasteiger partial charge in [0.15, 0.2) is 0 Å². The van der Waals surface area contributed by atoms with Gasteiger partial charge in [0.1, 0.15) is 6.17 Å². The molecular formula is C12H22N2O. The summed E-state index contributed by atoms with van der Waals surface area (Å²) in [6.07, 6.45) is 11.3. The first-order chi connectivity index (χ1) is 7.38. The summed E-state index contributed by atoms with van der Waals surface area (Å²) < 4.78 is 0. The van der Waals surface area contributed by atoms with Crippen molar-refractivity contribution in [3.05, 3.63) is 12.2 Å². The molecule has 1 atom stereocenters. The van der Waals surface area contributed by atoms with Crippen LogP contribution in [-0.2, 0) is 0 Å². The average molecular weight is 210 g/mol. The first-order valence-corrected chi connectivity index (χ1v) is 5.90. The van der Waals surface area contributed by atoms with Gasteiger partial charge in [-0.3, -0.25) is 9.89 Å². The minimum Gasteiger partial charge on any atom is -0.395 e. The Balaban J connectivity index is 2.19. The molecule has 0 aromatic heterocycles. The molecule has 1 rings (SSSR count). The Labute approximate surface area is 92.5 Å². The van der Waals surface area contributed by atoms with Crippen LogP contribution in [0.25, 0.3) is 0 Å². The van der Waals surface area contributed by atoms with Crippen LogP contribution in [0.15, 0.2) is 17.1 Å². The van der Waals surface area contributed by atoms with Gasteiger partial charge in [0.25, 0.3) is 0 Å². The molecule has 0 spiro atoms. The number of nitrogens with zero attached hydrogens (tertiary/aromatic N) is 2. The van der Waals surface area contributed by atoms with Crippen molar-refractivity contribution < 1.29 is 5.11 Å². The second-order valence-electron chi connectivity index (χ2n) is 3.88. The highest BCUT2D eigenvalue weighted by Crippen LogP contribution is 2.11. The van der Waals surface area contributed by atoms with Crippen molar-refractivity contribution in [2.24, 2.45) is 4.99 Å². The van der Waals surface area contributed by atoms with Crippen molar-refractivity contribution in [1.82, 2.24) is 4.90 Å². The van der Waals surface area contributed by atoms with Crippen LogP contribution in [0.4, 0.5) is 0 Å². The van der Waals surface area contributed by atoms with Crippen molar-refractivity contribution in [3.8, 4) is 0 Å². The van der Waals surface area contributed by atoms with E-state index in [2.05, 4.69) is 29.0 Å². The number of hydrogen-bond acceptors (Lipinski definition) is 3. The average Bonchev–Trinajstić information content (AvgIpc) is 2.66. The molecule has 0 aromatic carbocycles. The summed E-state index contributed by atoms with van der Waals surface area (Å²) in [6, 6.07) is 0. The number of β-amino-alcohol motifs (C(OH)–C–C–N with tert-alkyl or cyclic N) is 1. The number of aliphatic hydroxyl groups excluding tert-OH is 1. The van der Waals surface area contributed by atoms with Crippen LogP contribution in [0.2, 0.25) is 0 Å². The predicted molar refractivity (Wildman–Crippen MR) is 64.2 cm³/mol. The fraction of sp³-hybridized carbons (Fsp3) is 0.750. The number of unbranched alkanes of at least 4 members (excludes halogenated alkanes) is 2. The smallest absolute Gasteiger partial charge is 0.105 e. The van der Waals surface area contributed by atoms with Gasteiger partial charge in [-0.05, 0) is 6.42 Å². The maximum absolute atomic E-state index is 8.87. The molecule has 3 heteroatoms. The maximum Gasteiger partial charge on any atom is 0.105 e. The van der Waals surface area contributed by atoms with Gasteiger partial charge in [-0.2, -0.15) is 0 Å². The number of allylic oxidation sites excluding steroid dienone is 1. The minimum absolute atomic E-state index is 0.222. The summed E-state index contributed by atoms with van der Waals surface area (Å²) in [5.41, 5.74) is 0. The molecule has 0 bridgehead atoms. The van der Waals surface area contributed by atoms with Gasteiger partial charge in [-0.25, -0.2) is 0 Å². The molecule has 1 N–H and O–H groups in total. The third-order valence-corrected chi connectivity index (χ3v) is 2.64. The van der Waals surface area contributed by atoms with E-state index >= 15 is 0 Å².